The minimum absolute atomic E-state index is 0.0319. The van der Waals surface area contributed by atoms with Gasteiger partial charge in [0.05, 0.1) is 0 Å². The van der Waals surface area contributed by atoms with Gasteiger partial charge in [0.15, 0.2) is 0 Å². The average Bonchev–Trinajstić information content (AvgIpc) is 2.85. The summed E-state index contributed by atoms with van der Waals surface area (Å²) in [5.74, 6) is 0.0319. The number of nitrogens with zero attached hydrogens (tertiary/aromatic N) is 1. The highest BCUT2D eigenvalue weighted by Crippen LogP contribution is 2.13. The molecule has 18 heavy (non-hydrogen) atoms. The fraction of sp³-hybridized carbons (Fsp3) is 0.214. The van der Waals surface area contributed by atoms with Crippen LogP contribution in [0.2, 0.25) is 5.02 Å². The second-order valence-corrected chi connectivity index (χ2v) is 4.52. The first-order valence-corrected chi connectivity index (χ1v) is 6.28. The number of amides is 1. The van der Waals surface area contributed by atoms with Crippen LogP contribution >= 0.6 is 11.6 Å². The Morgan fingerprint density at radius 3 is 2.50 bits per heavy atom. The summed E-state index contributed by atoms with van der Waals surface area (Å²) in [6, 6.07) is 11.1. The van der Waals surface area contributed by atoms with E-state index >= 15 is 0 Å². The number of halogens is 1. The molecule has 0 aliphatic heterocycles. The molecule has 0 aliphatic rings. The summed E-state index contributed by atoms with van der Waals surface area (Å²) in [6.07, 6.45) is 5.34. The zero-order valence-electron chi connectivity index (χ0n) is 9.97. The second-order valence-electron chi connectivity index (χ2n) is 4.08. The predicted octanol–water partition coefficient (Wildman–Crippen LogP) is 3.56. The first-order valence-electron chi connectivity index (χ1n) is 5.90. The molecule has 0 aliphatic carbocycles. The molecular formula is C14H15ClN2O. The van der Waals surface area contributed by atoms with Crippen LogP contribution in [-0.4, -0.2) is 10.5 Å². The molecule has 1 aromatic carbocycles. The number of rotatable bonds is 5. The largest absolute Gasteiger partial charge is 0.354 e. The summed E-state index contributed by atoms with van der Waals surface area (Å²) in [5, 5.41) is 3.51. The van der Waals surface area contributed by atoms with E-state index < -0.39 is 0 Å². The van der Waals surface area contributed by atoms with Crippen LogP contribution in [0.25, 0.3) is 0 Å². The lowest BCUT2D eigenvalue weighted by atomic mass is 10.2. The number of carbonyl (C=O) groups excluding carboxylic acids is 1. The van der Waals surface area contributed by atoms with Crippen molar-refractivity contribution in [1.82, 2.24) is 4.57 Å². The maximum Gasteiger partial charge on any atom is 0.224 e. The maximum absolute atomic E-state index is 11.7. The standard InChI is InChI=1S/C14H15ClN2O/c15-12-5-7-13(8-6-12)16-14(18)4-3-11-17-9-1-2-10-17/h1-2,5-10H,3-4,11H2,(H,16,18). The molecule has 0 spiro atoms. The van der Waals surface area contributed by atoms with Crippen LogP contribution in [0.5, 0.6) is 0 Å². The summed E-state index contributed by atoms with van der Waals surface area (Å²) in [4.78, 5) is 11.7. The van der Waals surface area contributed by atoms with Crippen LogP contribution in [0.1, 0.15) is 12.8 Å². The molecule has 0 radical (unpaired) electrons. The summed E-state index contributed by atoms with van der Waals surface area (Å²) >= 11 is 5.77. The van der Waals surface area contributed by atoms with Crippen molar-refractivity contribution in [3.05, 3.63) is 53.8 Å². The van der Waals surface area contributed by atoms with Gasteiger partial charge in [-0.15, -0.1) is 0 Å². The molecular weight excluding hydrogens is 248 g/mol. The Bertz CT molecular complexity index is 491. The summed E-state index contributed by atoms with van der Waals surface area (Å²) in [6.45, 7) is 0.862. The predicted molar refractivity (Wildman–Crippen MR) is 73.7 cm³/mol. The molecule has 2 aromatic rings. The lowest BCUT2D eigenvalue weighted by Crippen LogP contribution is -2.12. The Morgan fingerprint density at radius 2 is 1.83 bits per heavy atom. The molecule has 2 rings (SSSR count). The van der Waals surface area contributed by atoms with Gasteiger partial charge in [-0.05, 0) is 42.8 Å². The van der Waals surface area contributed by atoms with Gasteiger partial charge < -0.3 is 9.88 Å². The lowest BCUT2D eigenvalue weighted by Gasteiger charge is -2.05. The monoisotopic (exact) mass is 262 g/mol. The topological polar surface area (TPSA) is 34.0 Å². The van der Waals surface area contributed by atoms with Crippen LogP contribution in [-0.2, 0) is 11.3 Å². The van der Waals surface area contributed by atoms with Gasteiger partial charge >= 0.3 is 0 Å². The van der Waals surface area contributed by atoms with Crippen molar-refractivity contribution in [2.45, 2.75) is 19.4 Å². The third-order valence-corrected chi connectivity index (χ3v) is 2.87. The third kappa shape index (κ3) is 3.93. The zero-order chi connectivity index (χ0) is 12.8. The third-order valence-electron chi connectivity index (χ3n) is 2.61. The minimum Gasteiger partial charge on any atom is -0.354 e. The Morgan fingerprint density at radius 1 is 1.17 bits per heavy atom. The molecule has 0 unspecified atom stereocenters. The highest BCUT2D eigenvalue weighted by Gasteiger charge is 2.02. The first kappa shape index (κ1) is 12.7. The average molecular weight is 263 g/mol. The van der Waals surface area contributed by atoms with E-state index in [0.717, 1.165) is 18.7 Å². The van der Waals surface area contributed by atoms with Crippen molar-refractivity contribution in [2.24, 2.45) is 0 Å². The molecule has 94 valence electrons. The van der Waals surface area contributed by atoms with Crippen LogP contribution in [0, 0.1) is 0 Å². The van der Waals surface area contributed by atoms with Crippen molar-refractivity contribution in [2.75, 3.05) is 5.32 Å². The molecule has 1 aromatic heterocycles. The molecule has 1 N–H and O–H groups in total. The molecule has 0 saturated carbocycles. The molecule has 4 heteroatoms. The minimum atomic E-state index is 0.0319. The number of anilines is 1. The number of hydrogen-bond acceptors (Lipinski definition) is 1. The SMILES string of the molecule is O=C(CCCn1cccc1)Nc1ccc(Cl)cc1. The number of benzene rings is 1. The van der Waals surface area contributed by atoms with Crippen LogP contribution < -0.4 is 5.32 Å². The molecule has 3 nitrogen and oxygen atoms in total. The van der Waals surface area contributed by atoms with Gasteiger partial charge in [0.1, 0.15) is 0 Å². The van der Waals surface area contributed by atoms with E-state index in [1.807, 2.05) is 24.5 Å². The normalized spacial score (nSPS) is 10.3. The number of aromatic nitrogens is 1. The summed E-state index contributed by atoms with van der Waals surface area (Å²) < 4.78 is 2.07. The number of hydrogen-bond donors (Lipinski definition) is 1. The van der Waals surface area contributed by atoms with E-state index in [-0.39, 0.29) is 5.91 Å². The van der Waals surface area contributed by atoms with Gasteiger partial charge in [-0.2, -0.15) is 0 Å². The molecule has 0 saturated heterocycles. The maximum atomic E-state index is 11.7. The molecule has 0 bridgehead atoms. The Balaban J connectivity index is 1.73. The van der Waals surface area contributed by atoms with E-state index in [0.29, 0.717) is 11.4 Å². The lowest BCUT2D eigenvalue weighted by molar-refractivity contribution is -0.116. The Labute approximate surface area is 111 Å². The number of carbonyl (C=O) groups is 1. The summed E-state index contributed by atoms with van der Waals surface area (Å²) in [7, 11) is 0. The van der Waals surface area contributed by atoms with E-state index in [4.69, 9.17) is 11.6 Å². The van der Waals surface area contributed by atoms with E-state index in [1.165, 1.54) is 0 Å². The zero-order valence-corrected chi connectivity index (χ0v) is 10.7. The van der Waals surface area contributed by atoms with Crippen molar-refractivity contribution >= 4 is 23.2 Å². The quantitative estimate of drug-likeness (QED) is 0.878. The van der Waals surface area contributed by atoms with Crippen LogP contribution in [0.15, 0.2) is 48.8 Å². The van der Waals surface area contributed by atoms with E-state index in [9.17, 15) is 4.79 Å². The highest BCUT2D eigenvalue weighted by atomic mass is 35.5. The van der Waals surface area contributed by atoms with Gasteiger partial charge in [-0.3, -0.25) is 4.79 Å². The van der Waals surface area contributed by atoms with Gasteiger partial charge in [0.25, 0.3) is 0 Å². The number of nitrogens with one attached hydrogen (secondary N) is 1. The fourth-order valence-corrected chi connectivity index (χ4v) is 1.82. The number of aryl methyl sites for hydroxylation is 1. The molecule has 0 atom stereocenters. The Hall–Kier alpha value is -1.74. The summed E-state index contributed by atoms with van der Waals surface area (Å²) in [5.41, 5.74) is 0.783. The highest BCUT2D eigenvalue weighted by molar-refractivity contribution is 6.30. The van der Waals surface area contributed by atoms with Crippen molar-refractivity contribution in [3.8, 4) is 0 Å². The van der Waals surface area contributed by atoms with Crippen molar-refractivity contribution < 1.29 is 4.79 Å². The van der Waals surface area contributed by atoms with Crippen molar-refractivity contribution in [1.29, 1.82) is 0 Å². The Kier molecular flexibility index (Phi) is 4.42. The van der Waals surface area contributed by atoms with Gasteiger partial charge in [-0.25, -0.2) is 0 Å². The van der Waals surface area contributed by atoms with Gasteiger partial charge in [-0.1, -0.05) is 11.6 Å². The van der Waals surface area contributed by atoms with Gasteiger partial charge in [0.2, 0.25) is 5.91 Å². The van der Waals surface area contributed by atoms with Crippen LogP contribution in [0.4, 0.5) is 5.69 Å². The van der Waals surface area contributed by atoms with E-state index in [1.54, 1.807) is 24.3 Å². The first-order chi connectivity index (χ1) is 8.74. The van der Waals surface area contributed by atoms with Gasteiger partial charge in [0, 0.05) is 36.1 Å². The second kappa shape index (κ2) is 6.26. The van der Waals surface area contributed by atoms with Crippen molar-refractivity contribution in [3.63, 3.8) is 0 Å². The smallest absolute Gasteiger partial charge is 0.224 e. The van der Waals surface area contributed by atoms with E-state index in [2.05, 4.69) is 9.88 Å². The molecule has 0 fully saturated rings. The fourth-order valence-electron chi connectivity index (χ4n) is 1.70. The van der Waals surface area contributed by atoms with Crippen LogP contribution in [0.3, 0.4) is 0 Å². The molecule has 1 heterocycles. The molecule has 1 amide bonds.